The highest BCUT2D eigenvalue weighted by atomic mass is 32.2. The normalized spacial score (nSPS) is 16.9. The molecule has 28 heavy (non-hydrogen) atoms. The monoisotopic (exact) mass is 421 g/mol. The number of nitrogens with one attached hydrogen (secondary N) is 1. The van der Waals surface area contributed by atoms with E-state index in [-0.39, 0.29) is 5.82 Å². The summed E-state index contributed by atoms with van der Waals surface area (Å²) in [4.78, 5) is 12.6. The van der Waals surface area contributed by atoms with Gasteiger partial charge in [0.05, 0.1) is 9.81 Å². The lowest BCUT2D eigenvalue weighted by atomic mass is 9.98. The third-order valence-electron chi connectivity index (χ3n) is 5.47. The highest BCUT2D eigenvalue weighted by Crippen LogP contribution is 2.41. The topological polar surface area (TPSA) is 87.7 Å². The van der Waals surface area contributed by atoms with Crippen molar-refractivity contribution in [3.8, 4) is 0 Å². The smallest absolute Gasteiger partial charge is 0.352 e. The summed E-state index contributed by atoms with van der Waals surface area (Å²) in [6.07, 6.45) is 4.83. The number of rotatable bonds is 3. The summed E-state index contributed by atoms with van der Waals surface area (Å²) >= 11 is 1.38. The van der Waals surface area contributed by atoms with Gasteiger partial charge < -0.3 is 10.4 Å². The molecule has 0 fully saturated rings. The quantitative estimate of drug-likeness (QED) is 0.688. The Morgan fingerprint density at radius 1 is 1.21 bits per heavy atom. The SMILES string of the molecule is CC(C)(O)c1csc(S(N)=NC(=O)Nc2c3c(c(F)c4c2CCC4)CCC3)c1. The van der Waals surface area contributed by atoms with Gasteiger partial charge in [0.15, 0.2) is 0 Å². The standard InChI is InChI=1S/C20H24FN3O2S2/c1-20(2,26)11-9-16(27-10-11)28(22)24-19(25)23-18-14-7-3-5-12(14)17(21)13-6-4-8-15(13)18/h9-10,26H,3-8H2,1-2H3,(H3,22,23,24,25). The average Bonchev–Trinajstić information content (AvgIpc) is 3.38. The van der Waals surface area contributed by atoms with Gasteiger partial charge in [0.25, 0.3) is 0 Å². The van der Waals surface area contributed by atoms with Crippen molar-refractivity contribution in [2.24, 2.45) is 9.50 Å². The predicted molar refractivity (Wildman–Crippen MR) is 111 cm³/mol. The maximum atomic E-state index is 14.7. The van der Waals surface area contributed by atoms with Crippen LogP contribution >= 0.6 is 11.3 Å². The molecule has 1 aromatic heterocycles. The van der Waals surface area contributed by atoms with Gasteiger partial charge in [0.2, 0.25) is 0 Å². The van der Waals surface area contributed by atoms with Crippen molar-refractivity contribution in [1.29, 1.82) is 0 Å². The predicted octanol–water partition coefficient (Wildman–Crippen LogP) is 4.36. The molecule has 2 aromatic rings. The van der Waals surface area contributed by atoms with Crippen LogP contribution in [-0.4, -0.2) is 11.1 Å². The first-order chi connectivity index (χ1) is 13.3. The Balaban J connectivity index is 1.61. The van der Waals surface area contributed by atoms with E-state index in [0.29, 0.717) is 0 Å². The first-order valence-electron chi connectivity index (χ1n) is 9.43. The van der Waals surface area contributed by atoms with Gasteiger partial charge in [-0.15, -0.1) is 11.3 Å². The minimum atomic E-state index is -1.11. The molecule has 0 bridgehead atoms. The summed E-state index contributed by atoms with van der Waals surface area (Å²) in [5.74, 6) is -0.0637. The number of nitrogens with two attached hydrogens (primary N) is 1. The van der Waals surface area contributed by atoms with Gasteiger partial charge in [-0.1, -0.05) is 0 Å². The number of anilines is 1. The van der Waals surface area contributed by atoms with Crippen LogP contribution in [0.25, 0.3) is 0 Å². The number of fused-ring (bicyclic) bond motifs is 2. The average molecular weight is 422 g/mol. The molecule has 5 nitrogen and oxygen atoms in total. The van der Waals surface area contributed by atoms with Gasteiger partial charge in [0.1, 0.15) is 5.82 Å². The van der Waals surface area contributed by atoms with Crippen molar-refractivity contribution >= 4 is 33.9 Å². The molecule has 4 N–H and O–H groups in total. The number of benzene rings is 1. The molecule has 2 aliphatic carbocycles. The maximum absolute atomic E-state index is 14.7. The summed E-state index contributed by atoms with van der Waals surface area (Å²) in [7, 11) is -1.11. The maximum Gasteiger partial charge on any atom is 0.352 e. The fourth-order valence-corrected chi connectivity index (χ4v) is 6.06. The Bertz CT molecular complexity index is 957. The number of nitrogens with zero attached hydrogens (tertiary/aromatic N) is 1. The number of hydrogen-bond donors (Lipinski definition) is 3. The lowest BCUT2D eigenvalue weighted by Gasteiger charge is -2.16. The van der Waals surface area contributed by atoms with E-state index >= 15 is 0 Å². The lowest BCUT2D eigenvalue weighted by Crippen LogP contribution is -2.15. The molecule has 8 heteroatoms. The minimum absolute atomic E-state index is 0.0637. The number of carbonyl (C=O) groups excluding carboxylic acids is 1. The highest BCUT2D eigenvalue weighted by Gasteiger charge is 2.29. The largest absolute Gasteiger partial charge is 0.386 e. The molecule has 0 aliphatic heterocycles. The van der Waals surface area contributed by atoms with Crippen LogP contribution in [0.4, 0.5) is 14.9 Å². The molecular formula is C20H24FN3O2S2. The Morgan fingerprint density at radius 2 is 1.79 bits per heavy atom. The van der Waals surface area contributed by atoms with Crippen LogP contribution in [-0.2, 0) is 42.2 Å². The highest BCUT2D eigenvalue weighted by molar-refractivity contribution is 7.87. The second kappa shape index (κ2) is 7.33. The molecule has 1 atom stereocenters. The number of halogens is 1. The lowest BCUT2D eigenvalue weighted by molar-refractivity contribution is 0.0789. The first-order valence-corrected chi connectivity index (χ1v) is 11.6. The number of amides is 2. The fourth-order valence-electron chi connectivity index (χ4n) is 4.05. The zero-order chi connectivity index (χ0) is 20.1. The second-order valence-electron chi connectivity index (χ2n) is 7.86. The van der Waals surface area contributed by atoms with Crippen molar-refractivity contribution in [1.82, 2.24) is 0 Å². The van der Waals surface area contributed by atoms with Gasteiger partial charge >= 0.3 is 6.03 Å². The first kappa shape index (κ1) is 19.7. The van der Waals surface area contributed by atoms with E-state index in [1.54, 1.807) is 19.9 Å². The van der Waals surface area contributed by atoms with Crippen LogP contribution in [0.15, 0.2) is 20.0 Å². The van der Waals surface area contributed by atoms with Gasteiger partial charge in [-0.2, -0.15) is 4.36 Å². The van der Waals surface area contributed by atoms with E-state index in [1.807, 2.05) is 5.38 Å². The van der Waals surface area contributed by atoms with Crippen LogP contribution in [0.3, 0.4) is 0 Å². The molecule has 150 valence electrons. The van der Waals surface area contributed by atoms with Crippen molar-refractivity contribution in [3.05, 3.63) is 45.1 Å². The number of carbonyl (C=O) groups is 1. The Labute approximate surface area is 170 Å². The minimum Gasteiger partial charge on any atom is -0.386 e. The van der Waals surface area contributed by atoms with E-state index in [1.165, 1.54) is 11.3 Å². The summed E-state index contributed by atoms with van der Waals surface area (Å²) in [5.41, 5.74) is 3.93. The van der Waals surface area contributed by atoms with Crippen LogP contribution in [0.1, 0.15) is 54.5 Å². The molecule has 0 saturated carbocycles. The van der Waals surface area contributed by atoms with E-state index in [0.717, 1.165) is 76.2 Å². The Kier molecular flexibility index (Phi) is 5.16. The molecule has 0 spiro atoms. The summed E-state index contributed by atoms with van der Waals surface area (Å²) in [6.45, 7) is 3.40. The van der Waals surface area contributed by atoms with Crippen molar-refractivity contribution in [2.45, 2.75) is 62.2 Å². The molecule has 0 saturated heterocycles. The van der Waals surface area contributed by atoms with Crippen LogP contribution in [0.2, 0.25) is 0 Å². The van der Waals surface area contributed by atoms with Crippen molar-refractivity contribution in [2.75, 3.05) is 5.32 Å². The van der Waals surface area contributed by atoms with Crippen LogP contribution < -0.4 is 10.5 Å². The van der Waals surface area contributed by atoms with E-state index < -0.39 is 22.5 Å². The van der Waals surface area contributed by atoms with Gasteiger partial charge in [-0.05, 0) is 91.6 Å². The van der Waals surface area contributed by atoms with Gasteiger partial charge in [-0.3, -0.25) is 5.14 Å². The van der Waals surface area contributed by atoms with Gasteiger partial charge in [-0.25, -0.2) is 9.18 Å². The summed E-state index contributed by atoms with van der Waals surface area (Å²) in [6, 6.07) is 1.29. The van der Waals surface area contributed by atoms with E-state index in [4.69, 9.17) is 5.14 Å². The third-order valence-corrected chi connectivity index (χ3v) is 7.89. The molecule has 1 heterocycles. The van der Waals surface area contributed by atoms with Crippen LogP contribution in [0, 0.1) is 5.82 Å². The Morgan fingerprint density at radius 3 is 2.32 bits per heavy atom. The van der Waals surface area contributed by atoms with Crippen LogP contribution in [0.5, 0.6) is 0 Å². The second-order valence-corrected chi connectivity index (χ2v) is 10.3. The number of aliphatic hydroxyl groups is 1. The molecule has 4 rings (SSSR count). The molecular weight excluding hydrogens is 397 g/mol. The molecule has 2 amide bonds. The zero-order valence-corrected chi connectivity index (χ0v) is 17.6. The molecule has 0 radical (unpaired) electrons. The number of thiophene rings is 1. The Hall–Kier alpha value is -1.61. The third kappa shape index (κ3) is 3.54. The van der Waals surface area contributed by atoms with Crippen molar-refractivity contribution < 1.29 is 14.3 Å². The van der Waals surface area contributed by atoms with Crippen molar-refractivity contribution in [3.63, 3.8) is 0 Å². The summed E-state index contributed by atoms with van der Waals surface area (Å²) < 4.78 is 19.6. The zero-order valence-electron chi connectivity index (χ0n) is 16.0. The number of hydrogen-bond acceptors (Lipinski definition) is 3. The molecule has 1 aromatic carbocycles. The molecule has 1 unspecified atom stereocenters. The van der Waals surface area contributed by atoms with E-state index in [9.17, 15) is 14.3 Å². The summed E-state index contributed by atoms with van der Waals surface area (Å²) in [5, 5.41) is 21.0. The van der Waals surface area contributed by atoms with Gasteiger partial charge in [0, 0.05) is 16.6 Å². The fraction of sp³-hybridized carbons (Fsp3) is 0.450. The number of urea groups is 1. The molecule has 2 aliphatic rings. The van der Waals surface area contributed by atoms with E-state index in [2.05, 4.69) is 9.68 Å².